The van der Waals surface area contributed by atoms with Crippen LogP contribution in [0.4, 0.5) is 0 Å². The Labute approximate surface area is 129 Å². The van der Waals surface area contributed by atoms with Gasteiger partial charge in [0.05, 0.1) is 13.2 Å². The summed E-state index contributed by atoms with van der Waals surface area (Å²) in [6, 6.07) is 0.884. The lowest BCUT2D eigenvalue weighted by Crippen LogP contribution is -2.46. The van der Waals surface area contributed by atoms with Crippen molar-refractivity contribution >= 4 is 0 Å². The quantitative estimate of drug-likeness (QED) is 0.816. The molecule has 0 saturated carbocycles. The Morgan fingerprint density at radius 3 is 1.71 bits per heavy atom. The average Bonchev–Trinajstić information content (AvgIpc) is 2.46. The number of hydrogen-bond acceptors (Lipinski definition) is 5. The monoisotopic (exact) mass is 300 g/mol. The van der Waals surface area contributed by atoms with E-state index in [-0.39, 0.29) is 0 Å². The summed E-state index contributed by atoms with van der Waals surface area (Å²) in [7, 11) is 0. The van der Waals surface area contributed by atoms with E-state index < -0.39 is 5.60 Å². The Morgan fingerprint density at radius 2 is 1.33 bits per heavy atom. The van der Waals surface area contributed by atoms with Gasteiger partial charge >= 0.3 is 0 Å². The fourth-order valence-electron chi connectivity index (χ4n) is 3.01. The SMILES string of the molecule is CC1CCCCN1OCC(C)(O)CON1CCCCC1C. The van der Waals surface area contributed by atoms with Crippen LogP contribution in [0.2, 0.25) is 0 Å². The molecule has 2 aliphatic rings. The van der Waals surface area contributed by atoms with E-state index in [1.807, 2.05) is 10.1 Å². The number of hydroxylamine groups is 4. The molecule has 5 nitrogen and oxygen atoms in total. The highest BCUT2D eigenvalue weighted by atomic mass is 16.7. The topological polar surface area (TPSA) is 45.2 Å². The Morgan fingerprint density at radius 1 is 0.905 bits per heavy atom. The predicted octanol–water partition coefficient (Wildman–Crippen LogP) is 2.35. The van der Waals surface area contributed by atoms with Crippen molar-refractivity contribution in [3.05, 3.63) is 0 Å². The van der Waals surface area contributed by atoms with Gasteiger partial charge < -0.3 is 5.11 Å². The first-order chi connectivity index (χ1) is 9.98. The van der Waals surface area contributed by atoms with E-state index in [4.69, 9.17) is 9.68 Å². The summed E-state index contributed by atoms with van der Waals surface area (Å²) in [5, 5.41) is 14.5. The number of rotatable bonds is 6. The van der Waals surface area contributed by atoms with Gasteiger partial charge in [-0.15, -0.1) is 0 Å². The maximum atomic E-state index is 10.4. The van der Waals surface area contributed by atoms with Gasteiger partial charge in [-0.1, -0.05) is 12.8 Å². The molecule has 0 aliphatic carbocycles. The van der Waals surface area contributed by atoms with Crippen LogP contribution in [0.3, 0.4) is 0 Å². The second kappa shape index (κ2) is 7.88. The summed E-state index contributed by atoms with van der Waals surface area (Å²) in [6.07, 6.45) is 7.23. The van der Waals surface area contributed by atoms with Crippen molar-refractivity contribution in [2.24, 2.45) is 0 Å². The number of aliphatic hydroxyl groups is 1. The molecule has 2 atom stereocenters. The molecule has 2 heterocycles. The Bertz CT molecular complexity index is 284. The Hall–Kier alpha value is -0.200. The summed E-state index contributed by atoms with van der Waals surface area (Å²) in [5.41, 5.74) is -0.950. The molecule has 2 fully saturated rings. The summed E-state index contributed by atoms with van der Waals surface area (Å²) < 4.78 is 0. The normalized spacial score (nSPS) is 32.0. The number of hydrogen-bond donors (Lipinski definition) is 1. The second-order valence-electron chi connectivity index (χ2n) is 7.01. The Kier molecular flexibility index (Phi) is 6.44. The highest BCUT2D eigenvalue weighted by Crippen LogP contribution is 2.20. The molecule has 5 heteroatoms. The third kappa shape index (κ3) is 5.49. The molecule has 2 aliphatic heterocycles. The van der Waals surface area contributed by atoms with E-state index in [0.29, 0.717) is 25.3 Å². The maximum absolute atomic E-state index is 10.4. The van der Waals surface area contributed by atoms with Crippen molar-refractivity contribution < 1.29 is 14.8 Å². The first-order valence-electron chi connectivity index (χ1n) is 8.49. The van der Waals surface area contributed by atoms with Crippen LogP contribution in [0.15, 0.2) is 0 Å². The molecule has 124 valence electrons. The minimum absolute atomic E-state index is 0.291. The maximum Gasteiger partial charge on any atom is 0.112 e. The molecule has 21 heavy (non-hydrogen) atoms. The van der Waals surface area contributed by atoms with E-state index in [0.717, 1.165) is 13.1 Å². The summed E-state index contributed by atoms with van der Waals surface area (Å²) >= 11 is 0. The van der Waals surface area contributed by atoms with Gasteiger partial charge in [0.25, 0.3) is 0 Å². The smallest absolute Gasteiger partial charge is 0.112 e. The van der Waals surface area contributed by atoms with Crippen LogP contribution in [0.25, 0.3) is 0 Å². The lowest BCUT2D eigenvalue weighted by Gasteiger charge is -2.37. The Balaban J connectivity index is 1.70. The fraction of sp³-hybridized carbons (Fsp3) is 1.00. The zero-order chi connectivity index (χ0) is 15.3. The van der Waals surface area contributed by atoms with Crippen LogP contribution >= 0.6 is 0 Å². The molecule has 0 aromatic rings. The van der Waals surface area contributed by atoms with Gasteiger partial charge in [0.15, 0.2) is 0 Å². The van der Waals surface area contributed by atoms with Crippen molar-refractivity contribution in [3.8, 4) is 0 Å². The molecular weight excluding hydrogens is 268 g/mol. The lowest BCUT2D eigenvalue weighted by atomic mass is 10.1. The van der Waals surface area contributed by atoms with Crippen molar-refractivity contribution in [1.82, 2.24) is 10.1 Å². The zero-order valence-electron chi connectivity index (χ0n) is 13.9. The highest BCUT2D eigenvalue weighted by Gasteiger charge is 2.28. The first-order valence-corrected chi connectivity index (χ1v) is 8.49. The summed E-state index contributed by atoms with van der Waals surface area (Å²) in [6.45, 7) is 8.65. The third-order valence-electron chi connectivity index (χ3n) is 4.57. The average molecular weight is 300 g/mol. The van der Waals surface area contributed by atoms with Gasteiger partial charge in [-0.3, -0.25) is 9.68 Å². The summed E-state index contributed by atoms with van der Waals surface area (Å²) in [4.78, 5) is 11.6. The lowest BCUT2D eigenvalue weighted by molar-refractivity contribution is -0.262. The van der Waals surface area contributed by atoms with Gasteiger partial charge in [0.1, 0.15) is 5.60 Å². The minimum Gasteiger partial charge on any atom is -0.385 e. The summed E-state index contributed by atoms with van der Waals surface area (Å²) in [5.74, 6) is 0. The predicted molar refractivity (Wildman–Crippen MR) is 82.6 cm³/mol. The van der Waals surface area contributed by atoms with Crippen LogP contribution in [0, 0.1) is 0 Å². The molecule has 0 amide bonds. The molecule has 0 radical (unpaired) electrons. The van der Waals surface area contributed by atoms with Gasteiger partial charge in [0.2, 0.25) is 0 Å². The van der Waals surface area contributed by atoms with Crippen molar-refractivity contribution in [1.29, 1.82) is 0 Å². The molecule has 2 rings (SSSR count). The molecule has 1 N–H and O–H groups in total. The third-order valence-corrected chi connectivity index (χ3v) is 4.57. The number of nitrogens with zero attached hydrogens (tertiary/aromatic N) is 2. The van der Waals surface area contributed by atoms with Crippen LogP contribution < -0.4 is 0 Å². The standard InChI is InChI=1S/C16H32N2O3/c1-14-8-4-6-10-17(14)20-12-16(3,19)13-21-18-11-7-5-9-15(18)2/h14-15,19H,4-13H2,1-3H3. The highest BCUT2D eigenvalue weighted by molar-refractivity contribution is 4.74. The van der Waals surface area contributed by atoms with E-state index >= 15 is 0 Å². The van der Waals surface area contributed by atoms with E-state index in [9.17, 15) is 5.11 Å². The van der Waals surface area contributed by atoms with Gasteiger partial charge in [-0.25, -0.2) is 0 Å². The second-order valence-corrected chi connectivity index (χ2v) is 7.01. The van der Waals surface area contributed by atoms with E-state index in [1.54, 1.807) is 6.92 Å². The first kappa shape index (κ1) is 17.2. The zero-order valence-corrected chi connectivity index (χ0v) is 13.9. The molecule has 2 unspecified atom stereocenters. The van der Waals surface area contributed by atoms with E-state index in [1.165, 1.54) is 38.5 Å². The van der Waals surface area contributed by atoms with Crippen molar-refractivity contribution in [3.63, 3.8) is 0 Å². The van der Waals surface area contributed by atoms with Crippen LogP contribution in [-0.2, 0) is 9.68 Å². The van der Waals surface area contributed by atoms with Crippen LogP contribution in [-0.4, -0.2) is 59.2 Å². The molecule has 0 bridgehead atoms. The van der Waals surface area contributed by atoms with Crippen molar-refractivity contribution in [2.45, 2.75) is 77.0 Å². The molecule has 0 aromatic carbocycles. The largest absolute Gasteiger partial charge is 0.385 e. The van der Waals surface area contributed by atoms with Gasteiger partial charge in [-0.05, 0) is 46.5 Å². The van der Waals surface area contributed by atoms with Gasteiger partial charge in [-0.2, -0.15) is 10.1 Å². The van der Waals surface area contributed by atoms with Crippen LogP contribution in [0.1, 0.15) is 59.3 Å². The van der Waals surface area contributed by atoms with E-state index in [2.05, 4.69) is 13.8 Å². The molecule has 0 spiro atoms. The van der Waals surface area contributed by atoms with Crippen LogP contribution in [0.5, 0.6) is 0 Å². The van der Waals surface area contributed by atoms with Crippen molar-refractivity contribution in [2.75, 3.05) is 26.3 Å². The molecule has 2 saturated heterocycles. The minimum atomic E-state index is -0.950. The van der Waals surface area contributed by atoms with Gasteiger partial charge in [0, 0.05) is 25.2 Å². The molecule has 0 aromatic heterocycles. The molecular formula is C16H32N2O3. The fourth-order valence-corrected chi connectivity index (χ4v) is 3.01. The number of piperidine rings is 2.